The average molecular weight is 246 g/mol. The van der Waals surface area contributed by atoms with Crippen LogP contribution in [0.2, 0.25) is 0 Å². The van der Waals surface area contributed by atoms with Crippen molar-refractivity contribution in [2.24, 2.45) is 5.73 Å². The maximum absolute atomic E-state index is 11.9. The Morgan fingerprint density at radius 3 is 2.94 bits per heavy atom. The fourth-order valence-corrected chi connectivity index (χ4v) is 1.60. The van der Waals surface area contributed by atoms with E-state index in [1.165, 1.54) is 12.0 Å². The maximum Gasteiger partial charge on any atom is 0.334 e. The summed E-state index contributed by atoms with van der Waals surface area (Å²) in [5, 5.41) is 8.80. The first kappa shape index (κ1) is 13.9. The number of carboxylic acids is 1. The average Bonchev–Trinajstić information content (AvgIpc) is 2.35. The van der Waals surface area contributed by atoms with E-state index in [1.807, 2.05) is 0 Å². The SMILES string of the molecule is COCCC(N)C(=O)N1CCOC(C(=O)O)C1. The van der Waals surface area contributed by atoms with Crippen LogP contribution < -0.4 is 5.73 Å². The van der Waals surface area contributed by atoms with Crippen LogP contribution in [0, 0.1) is 0 Å². The highest BCUT2D eigenvalue weighted by Crippen LogP contribution is 2.07. The lowest BCUT2D eigenvalue weighted by Gasteiger charge is -2.32. The number of hydrogen-bond acceptors (Lipinski definition) is 5. The zero-order valence-electron chi connectivity index (χ0n) is 9.80. The number of rotatable bonds is 5. The molecule has 2 atom stereocenters. The normalized spacial score (nSPS) is 22.2. The lowest BCUT2D eigenvalue weighted by Crippen LogP contribution is -2.53. The number of carbonyl (C=O) groups excluding carboxylic acids is 1. The Kier molecular flexibility index (Phi) is 5.33. The van der Waals surface area contributed by atoms with Crippen molar-refractivity contribution in [2.45, 2.75) is 18.6 Å². The van der Waals surface area contributed by atoms with Gasteiger partial charge in [-0.1, -0.05) is 0 Å². The highest BCUT2D eigenvalue weighted by atomic mass is 16.5. The Morgan fingerprint density at radius 2 is 2.35 bits per heavy atom. The Labute approximate surface area is 99.5 Å². The molecule has 7 nitrogen and oxygen atoms in total. The molecule has 98 valence electrons. The molecule has 2 unspecified atom stereocenters. The van der Waals surface area contributed by atoms with Gasteiger partial charge < -0.3 is 25.2 Å². The minimum absolute atomic E-state index is 0.0504. The minimum atomic E-state index is -1.06. The quantitative estimate of drug-likeness (QED) is 0.622. The van der Waals surface area contributed by atoms with Gasteiger partial charge in [0.25, 0.3) is 0 Å². The Morgan fingerprint density at radius 1 is 1.65 bits per heavy atom. The molecule has 1 aliphatic rings. The molecule has 0 radical (unpaired) electrons. The summed E-state index contributed by atoms with van der Waals surface area (Å²) in [5.74, 6) is -1.32. The second-order valence-corrected chi connectivity index (χ2v) is 3.87. The smallest absolute Gasteiger partial charge is 0.334 e. The molecular formula is C10H18N2O5. The molecule has 0 aliphatic carbocycles. The number of carboxylic acid groups (broad SMARTS) is 1. The zero-order chi connectivity index (χ0) is 12.8. The number of nitrogens with two attached hydrogens (primary N) is 1. The maximum atomic E-state index is 11.9. The molecule has 0 saturated carbocycles. The van der Waals surface area contributed by atoms with Crippen molar-refractivity contribution >= 4 is 11.9 Å². The van der Waals surface area contributed by atoms with Gasteiger partial charge in [0.15, 0.2) is 6.10 Å². The van der Waals surface area contributed by atoms with Gasteiger partial charge in [0.2, 0.25) is 5.91 Å². The van der Waals surface area contributed by atoms with Crippen LogP contribution in [0.4, 0.5) is 0 Å². The monoisotopic (exact) mass is 246 g/mol. The van der Waals surface area contributed by atoms with Gasteiger partial charge in [-0.3, -0.25) is 4.79 Å². The van der Waals surface area contributed by atoms with E-state index in [2.05, 4.69) is 0 Å². The summed E-state index contributed by atoms with van der Waals surface area (Å²) in [5.41, 5.74) is 5.70. The van der Waals surface area contributed by atoms with Gasteiger partial charge in [0.1, 0.15) is 0 Å². The van der Waals surface area contributed by atoms with Crippen LogP contribution in [0.3, 0.4) is 0 Å². The fourth-order valence-electron chi connectivity index (χ4n) is 1.60. The van der Waals surface area contributed by atoms with Crippen molar-refractivity contribution in [3.63, 3.8) is 0 Å². The molecule has 1 saturated heterocycles. The molecule has 17 heavy (non-hydrogen) atoms. The molecule has 1 aliphatic heterocycles. The number of nitrogens with zero attached hydrogens (tertiary/aromatic N) is 1. The number of amides is 1. The molecule has 1 amide bonds. The molecule has 0 bridgehead atoms. The van der Waals surface area contributed by atoms with E-state index in [4.69, 9.17) is 20.3 Å². The number of ether oxygens (including phenoxy) is 2. The van der Waals surface area contributed by atoms with Gasteiger partial charge in [0, 0.05) is 20.3 Å². The van der Waals surface area contributed by atoms with Crippen molar-refractivity contribution in [3.8, 4) is 0 Å². The van der Waals surface area contributed by atoms with E-state index in [0.717, 1.165) is 0 Å². The topological polar surface area (TPSA) is 102 Å². The molecule has 3 N–H and O–H groups in total. The van der Waals surface area contributed by atoms with Crippen molar-refractivity contribution in [2.75, 3.05) is 33.4 Å². The molecular weight excluding hydrogens is 228 g/mol. The number of methoxy groups -OCH3 is 1. The lowest BCUT2D eigenvalue weighted by atomic mass is 10.1. The summed E-state index contributed by atoms with van der Waals surface area (Å²) in [7, 11) is 1.53. The summed E-state index contributed by atoms with van der Waals surface area (Å²) in [6, 6.07) is -0.650. The van der Waals surface area contributed by atoms with Crippen molar-refractivity contribution in [1.29, 1.82) is 0 Å². The van der Waals surface area contributed by atoms with E-state index < -0.39 is 18.1 Å². The van der Waals surface area contributed by atoms with E-state index in [-0.39, 0.29) is 19.1 Å². The van der Waals surface area contributed by atoms with Crippen LogP contribution in [-0.2, 0) is 19.1 Å². The van der Waals surface area contributed by atoms with Crippen LogP contribution in [0.15, 0.2) is 0 Å². The summed E-state index contributed by atoms with van der Waals surface area (Å²) in [6.45, 7) is 1.05. The van der Waals surface area contributed by atoms with E-state index in [0.29, 0.717) is 19.6 Å². The molecule has 0 spiro atoms. The summed E-state index contributed by atoms with van der Waals surface area (Å²) in [6.07, 6.45) is -0.535. The van der Waals surface area contributed by atoms with Gasteiger partial charge in [0.05, 0.1) is 19.2 Å². The van der Waals surface area contributed by atoms with Crippen LogP contribution in [0.25, 0.3) is 0 Å². The van der Waals surface area contributed by atoms with E-state index in [9.17, 15) is 9.59 Å². The summed E-state index contributed by atoms with van der Waals surface area (Å²) >= 11 is 0. The van der Waals surface area contributed by atoms with Gasteiger partial charge in [-0.15, -0.1) is 0 Å². The molecule has 0 aromatic carbocycles. The van der Waals surface area contributed by atoms with Crippen molar-refractivity contribution in [1.82, 2.24) is 4.90 Å². The van der Waals surface area contributed by atoms with Crippen LogP contribution in [0.1, 0.15) is 6.42 Å². The fraction of sp³-hybridized carbons (Fsp3) is 0.800. The first-order chi connectivity index (χ1) is 8.06. The number of aliphatic carboxylic acids is 1. The van der Waals surface area contributed by atoms with E-state index in [1.54, 1.807) is 0 Å². The third kappa shape index (κ3) is 3.95. The van der Waals surface area contributed by atoms with Crippen LogP contribution >= 0.6 is 0 Å². The second-order valence-electron chi connectivity index (χ2n) is 3.87. The third-order valence-electron chi connectivity index (χ3n) is 2.60. The van der Waals surface area contributed by atoms with Gasteiger partial charge in [-0.25, -0.2) is 4.79 Å². The third-order valence-corrected chi connectivity index (χ3v) is 2.60. The predicted molar refractivity (Wildman–Crippen MR) is 58.4 cm³/mol. The molecule has 1 rings (SSSR count). The van der Waals surface area contributed by atoms with Gasteiger partial charge in [-0.05, 0) is 6.42 Å². The standard InChI is InChI=1S/C10H18N2O5/c1-16-4-2-7(11)9(13)12-3-5-17-8(6-12)10(14)15/h7-8H,2-6,11H2,1H3,(H,14,15). The highest BCUT2D eigenvalue weighted by Gasteiger charge is 2.30. The molecule has 0 aromatic heterocycles. The zero-order valence-corrected chi connectivity index (χ0v) is 9.80. The first-order valence-electron chi connectivity index (χ1n) is 5.44. The predicted octanol–water partition coefficient (Wildman–Crippen LogP) is -1.34. The Bertz CT molecular complexity index is 284. The first-order valence-corrected chi connectivity index (χ1v) is 5.44. The Balaban J connectivity index is 2.48. The van der Waals surface area contributed by atoms with Crippen LogP contribution in [-0.4, -0.2) is 67.4 Å². The second kappa shape index (κ2) is 6.53. The van der Waals surface area contributed by atoms with Crippen molar-refractivity contribution < 1.29 is 24.2 Å². The van der Waals surface area contributed by atoms with Crippen LogP contribution in [0.5, 0.6) is 0 Å². The molecule has 1 heterocycles. The summed E-state index contributed by atoms with van der Waals surface area (Å²) in [4.78, 5) is 24.1. The number of hydrogen-bond donors (Lipinski definition) is 2. The van der Waals surface area contributed by atoms with Crippen molar-refractivity contribution in [3.05, 3.63) is 0 Å². The molecule has 7 heteroatoms. The minimum Gasteiger partial charge on any atom is -0.479 e. The Hall–Kier alpha value is -1.18. The number of morpholine rings is 1. The molecule has 1 fully saturated rings. The largest absolute Gasteiger partial charge is 0.479 e. The van der Waals surface area contributed by atoms with E-state index >= 15 is 0 Å². The van der Waals surface area contributed by atoms with Gasteiger partial charge in [-0.2, -0.15) is 0 Å². The number of carbonyl (C=O) groups is 2. The molecule has 0 aromatic rings. The lowest BCUT2D eigenvalue weighted by molar-refractivity contribution is -0.159. The summed E-state index contributed by atoms with van der Waals surface area (Å²) < 4.78 is 9.86. The highest BCUT2D eigenvalue weighted by molar-refractivity contribution is 5.82. The van der Waals surface area contributed by atoms with Gasteiger partial charge >= 0.3 is 5.97 Å².